The molecule has 3 nitrogen and oxygen atoms in total. The summed E-state index contributed by atoms with van der Waals surface area (Å²) in [6.45, 7) is 2.13. The zero-order valence-corrected chi connectivity index (χ0v) is 10.6. The van der Waals surface area contributed by atoms with Crippen LogP contribution in [0.15, 0.2) is 36.5 Å². The minimum atomic E-state index is -0.228. The van der Waals surface area contributed by atoms with E-state index in [0.717, 1.165) is 0 Å². The molecule has 0 aliphatic carbocycles. The number of benzene rings is 1. The minimum Gasteiger partial charge on any atom is -0.489 e. The number of nitriles is 1. The van der Waals surface area contributed by atoms with Crippen LogP contribution in [-0.2, 0) is 13.0 Å². The van der Waals surface area contributed by atoms with E-state index >= 15 is 0 Å². The first-order chi connectivity index (χ1) is 9.24. The molecule has 0 saturated carbocycles. The first-order valence-electron chi connectivity index (χ1n) is 5.99. The number of nitrogens with zero attached hydrogens (tertiary/aromatic N) is 2. The van der Waals surface area contributed by atoms with Gasteiger partial charge in [-0.15, -0.1) is 0 Å². The molecule has 0 bridgehead atoms. The maximum Gasteiger partial charge on any atom is 0.147 e. The van der Waals surface area contributed by atoms with E-state index in [9.17, 15) is 4.39 Å². The van der Waals surface area contributed by atoms with Crippen LogP contribution in [0.1, 0.15) is 23.7 Å². The third-order valence-electron chi connectivity index (χ3n) is 2.79. The van der Waals surface area contributed by atoms with Gasteiger partial charge >= 0.3 is 0 Å². The van der Waals surface area contributed by atoms with Crippen LogP contribution in [0.3, 0.4) is 0 Å². The Morgan fingerprint density at radius 3 is 2.89 bits per heavy atom. The first-order valence-corrected chi connectivity index (χ1v) is 5.99. The van der Waals surface area contributed by atoms with Crippen molar-refractivity contribution in [1.82, 2.24) is 4.98 Å². The number of rotatable bonds is 4. The van der Waals surface area contributed by atoms with Gasteiger partial charge in [0.1, 0.15) is 29.9 Å². The van der Waals surface area contributed by atoms with E-state index in [4.69, 9.17) is 10.00 Å². The Labute approximate surface area is 111 Å². The molecule has 0 saturated heterocycles. The van der Waals surface area contributed by atoms with E-state index in [2.05, 4.69) is 4.98 Å². The van der Waals surface area contributed by atoms with Crippen molar-refractivity contribution in [2.24, 2.45) is 0 Å². The predicted octanol–water partition coefficient (Wildman–Crippen LogP) is 3.23. The maximum absolute atomic E-state index is 13.3. The molecule has 0 radical (unpaired) electrons. The van der Waals surface area contributed by atoms with Gasteiger partial charge in [0.2, 0.25) is 0 Å². The van der Waals surface area contributed by atoms with Crippen molar-refractivity contribution in [1.29, 1.82) is 5.26 Å². The van der Waals surface area contributed by atoms with E-state index in [0.29, 0.717) is 29.0 Å². The van der Waals surface area contributed by atoms with Gasteiger partial charge in [0.05, 0.1) is 0 Å². The fourth-order valence-corrected chi connectivity index (χ4v) is 1.73. The van der Waals surface area contributed by atoms with Crippen molar-refractivity contribution in [3.63, 3.8) is 0 Å². The third-order valence-corrected chi connectivity index (χ3v) is 2.79. The number of hydrogen-bond donors (Lipinski definition) is 0. The summed E-state index contributed by atoms with van der Waals surface area (Å²) in [5.41, 5.74) is 1.68. The normalized spacial score (nSPS) is 9.95. The zero-order chi connectivity index (χ0) is 13.7. The molecule has 1 aromatic heterocycles. The summed E-state index contributed by atoms with van der Waals surface area (Å²) >= 11 is 0. The lowest BCUT2D eigenvalue weighted by Crippen LogP contribution is -2.00. The van der Waals surface area contributed by atoms with Gasteiger partial charge in [0, 0.05) is 11.8 Å². The van der Waals surface area contributed by atoms with E-state index in [1.807, 2.05) is 13.0 Å². The number of pyridine rings is 1. The van der Waals surface area contributed by atoms with Crippen molar-refractivity contribution >= 4 is 0 Å². The summed E-state index contributed by atoms with van der Waals surface area (Å²) in [5.74, 6) is 0.361. The monoisotopic (exact) mass is 256 g/mol. The molecule has 0 amide bonds. The summed E-state index contributed by atoms with van der Waals surface area (Å²) in [5, 5.41) is 8.92. The highest BCUT2D eigenvalue weighted by Gasteiger charge is 2.05. The van der Waals surface area contributed by atoms with Crippen LogP contribution in [0.2, 0.25) is 0 Å². The van der Waals surface area contributed by atoms with Gasteiger partial charge in [-0.25, -0.2) is 9.37 Å². The quantitative estimate of drug-likeness (QED) is 0.843. The molecular formula is C15H13FN2O. The van der Waals surface area contributed by atoms with Gasteiger partial charge < -0.3 is 4.74 Å². The Morgan fingerprint density at radius 2 is 2.16 bits per heavy atom. The largest absolute Gasteiger partial charge is 0.489 e. The van der Waals surface area contributed by atoms with Crippen LogP contribution < -0.4 is 4.74 Å². The predicted molar refractivity (Wildman–Crippen MR) is 69.1 cm³/mol. The van der Waals surface area contributed by atoms with Crippen LogP contribution >= 0.6 is 0 Å². The SMILES string of the molecule is CCc1cc(OCc2cccnc2C#N)ccc1F. The molecule has 0 aliphatic rings. The smallest absolute Gasteiger partial charge is 0.147 e. The van der Waals surface area contributed by atoms with Crippen LogP contribution in [0.25, 0.3) is 0 Å². The zero-order valence-electron chi connectivity index (χ0n) is 10.6. The molecule has 1 aromatic carbocycles. The Balaban J connectivity index is 2.13. The van der Waals surface area contributed by atoms with Crippen LogP contribution in [-0.4, -0.2) is 4.98 Å². The third kappa shape index (κ3) is 3.08. The maximum atomic E-state index is 13.3. The fourth-order valence-electron chi connectivity index (χ4n) is 1.73. The number of ether oxygens (including phenoxy) is 1. The second kappa shape index (κ2) is 5.96. The molecular weight excluding hydrogens is 243 g/mol. The van der Waals surface area contributed by atoms with E-state index in [1.54, 1.807) is 30.5 Å². The van der Waals surface area contributed by atoms with Crippen LogP contribution in [0.4, 0.5) is 4.39 Å². The van der Waals surface area contributed by atoms with Crippen molar-refractivity contribution in [3.8, 4) is 11.8 Å². The Hall–Kier alpha value is -2.41. The van der Waals surface area contributed by atoms with E-state index in [1.165, 1.54) is 6.07 Å². The molecule has 0 unspecified atom stereocenters. The Morgan fingerprint density at radius 1 is 1.32 bits per heavy atom. The average Bonchev–Trinajstić information content (AvgIpc) is 2.46. The van der Waals surface area contributed by atoms with Gasteiger partial charge in [0.15, 0.2) is 0 Å². The number of halogens is 1. The number of hydrogen-bond acceptors (Lipinski definition) is 3. The highest BCUT2D eigenvalue weighted by molar-refractivity contribution is 5.32. The van der Waals surface area contributed by atoms with Crippen LogP contribution in [0, 0.1) is 17.1 Å². The van der Waals surface area contributed by atoms with Crippen molar-refractivity contribution in [2.75, 3.05) is 0 Å². The Bertz CT molecular complexity index is 620. The van der Waals surface area contributed by atoms with Gasteiger partial charge in [-0.05, 0) is 36.2 Å². The molecule has 4 heteroatoms. The lowest BCUT2D eigenvalue weighted by atomic mass is 10.1. The molecule has 0 fully saturated rings. The molecule has 96 valence electrons. The summed E-state index contributed by atoms with van der Waals surface area (Å²) in [6, 6.07) is 10.2. The minimum absolute atomic E-state index is 0.228. The molecule has 0 N–H and O–H groups in total. The van der Waals surface area contributed by atoms with E-state index < -0.39 is 0 Å². The molecule has 2 rings (SSSR count). The summed E-state index contributed by atoms with van der Waals surface area (Å²) in [4.78, 5) is 3.96. The standard InChI is InChI=1S/C15H13FN2O/c1-2-11-8-13(5-6-14(11)16)19-10-12-4-3-7-18-15(12)9-17/h3-8H,2,10H2,1H3. The summed E-state index contributed by atoms with van der Waals surface area (Å²) in [6.07, 6.45) is 2.18. The molecule has 0 spiro atoms. The van der Waals surface area contributed by atoms with Gasteiger partial charge in [-0.1, -0.05) is 13.0 Å². The highest BCUT2D eigenvalue weighted by atomic mass is 19.1. The Kier molecular flexibility index (Phi) is 4.09. The topological polar surface area (TPSA) is 45.9 Å². The second-order valence-corrected chi connectivity index (χ2v) is 4.02. The van der Waals surface area contributed by atoms with Crippen LogP contribution in [0.5, 0.6) is 5.75 Å². The van der Waals surface area contributed by atoms with Crippen molar-refractivity contribution in [3.05, 3.63) is 59.2 Å². The van der Waals surface area contributed by atoms with Gasteiger partial charge in [0.25, 0.3) is 0 Å². The summed E-state index contributed by atoms with van der Waals surface area (Å²) < 4.78 is 18.9. The number of aromatic nitrogens is 1. The van der Waals surface area contributed by atoms with Crippen molar-refractivity contribution in [2.45, 2.75) is 20.0 Å². The fraction of sp³-hybridized carbons (Fsp3) is 0.200. The lowest BCUT2D eigenvalue weighted by Gasteiger charge is -2.08. The van der Waals surface area contributed by atoms with E-state index in [-0.39, 0.29) is 12.4 Å². The van der Waals surface area contributed by atoms with Gasteiger partial charge in [-0.2, -0.15) is 5.26 Å². The molecule has 1 heterocycles. The highest BCUT2D eigenvalue weighted by Crippen LogP contribution is 2.19. The summed E-state index contributed by atoms with van der Waals surface area (Å²) in [7, 11) is 0. The molecule has 19 heavy (non-hydrogen) atoms. The lowest BCUT2D eigenvalue weighted by molar-refractivity contribution is 0.304. The molecule has 2 aromatic rings. The average molecular weight is 256 g/mol. The van der Waals surface area contributed by atoms with Gasteiger partial charge in [-0.3, -0.25) is 0 Å². The molecule has 0 atom stereocenters. The second-order valence-electron chi connectivity index (χ2n) is 4.02. The molecule has 0 aliphatic heterocycles. The number of aryl methyl sites for hydroxylation is 1. The van der Waals surface area contributed by atoms with Crippen molar-refractivity contribution < 1.29 is 9.13 Å². The first kappa shape index (κ1) is 13.0.